The lowest BCUT2D eigenvalue weighted by Crippen LogP contribution is -2.37. The molecule has 0 saturated carbocycles. The molecule has 3 aromatic rings. The number of carbonyl (C=O) groups is 2. The maximum Gasteiger partial charge on any atom is 0.331 e. The van der Waals surface area contributed by atoms with Crippen molar-refractivity contribution >= 4 is 69.5 Å². The number of amides is 1. The number of carboxylic acid groups (broad SMARTS) is 1. The van der Waals surface area contributed by atoms with Gasteiger partial charge >= 0.3 is 5.97 Å². The molecule has 9 heteroatoms. The Kier molecular flexibility index (Phi) is 6.20. The van der Waals surface area contributed by atoms with E-state index >= 15 is 0 Å². The molecular weight excluding hydrogens is 477 g/mol. The van der Waals surface area contributed by atoms with Crippen molar-refractivity contribution in [1.82, 2.24) is 4.90 Å². The Bertz CT molecular complexity index is 1220. The third kappa shape index (κ3) is 4.41. The van der Waals surface area contributed by atoms with Gasteiger partial charge in [0.1, 0.15) is 15.8 Å². The lowest BCUT2D eigenvalue weighted by molar-refractivity contribution is -0.145. The number of nitrogens with zero attached hydrogens (tertiary/aromatic N) is 1. The minimum Gasteiger partial charge on any atom is -0.479 e. The van der Waals surface area contributed by atoms with Crippen LogP contribution in [0, 0.1) is 0 Å². The van der Waals surface area contributed by atoms with E-state index in [1.54, 1.807) is 60.7 Å². The fourth-order valence-electron chi connectivity index (χ4n) is 3.13. The van der Waals surface area contributed by atoms with Gasteiger partial charge in [0.25, 0.3) is 5.91 Å². The molecule has 1 atom stereocenters. The molecule has 31 heavy (non-hydrogen) atoms. The number of carboxylic acids is 1. The number of furan rings is 1. The van der Waals surface area contributed by atoms with E-state index in [1.807, 2.05) is 0 Å². The molecule has 1 aliphatic rings. The molecule has 1 amide bonds. The van der Waals surface area contributed by atoms with E-state index in [9.17, 15) is 14.7 Å². The summed E-state index contributed by atoms with van der Waals surface area (Å²) in [4.78, 5) is 26.3. The first kappa shape index (κ1) is 21.6. The quantitative estimate of drug-likeness (QED) is 0.335. The van der Waals surface area contributed by atoms with Gasteiger partial charge in [0.15, 0.2) is 6.04 Å². The summed E-state index contributed by atoms with van der Waals surface area (Å²) in [5.41, 5.74) is 1.08. The number of rotatable bonds is 5. The number of hydrogen-bond acceptors (Lipinski definition) is 5. The zero-order chi connectivity index (χ0) is 22.1. The number of hydrogen-bond donors (Lipinski definition) is 1. The number of thioether (sulfide) groups is 1. The van der Waals surface area contributed by atoms with Crippen LogP contribution < -0.4 is 0 Å². The molecule has 1 N–H and O–H groups in total. The fourth-order valence-corrected chi connectivity index (χ4v) is 4.81. The van der Waals surface area contributed by atoms with Crippen LogP contribution in [0.4, 0.5) is 0 Å². The summed E-state index contributed by atoms with van der Waals surface area (Å²) < 4.78 is 5.98. The van der Waals surface area contributed by atoms with Gasteiger partial charge in [-0.05, 0) is 35.9 Å². The van der Waals surface area contributed by atoms with Gasteiger partial charge in [-0.25, -0.2) is 4.79 Å². The van der Waals surface area contributed by atoms with Crippen molar-refractivity contribution < 1.29 is 19.1 Å². The number of benzene rings is 2. The van der Waals surface area contributed by atoms with Crippen LogP contribution in [0.2, 0.25) is 10.0 Å². The van der Waals surface area contributed by atoms with E-state index in [2.05, 4.69) is 0 Å². The molecule has 2 heterocycles. The van der Waals surface area contributed by atoms with Gasteiger partial charge < -0.3 is 9.52 Å². The van der Waals surface area contributed by atoms with Crippen molar-refractivity contribution in [3.8, 4) is 11.3 Å². The Balaban J connectivity index is 1.64. The summed E-state index contributed by atoms with van der Waals surface area (Å²) in [7, 11) is 0. The maximum atomic E-state index is 13.0. The number of carbonyl (C=O) groups excluding carboxylic acids is 1. The van der Waals surface area contributed by atoms with Crippen LogP contribution in [-0.4, -0.2) is 26.2 Å². The van der Waals surface area contributed by atoms with Crippen LogP contribution in [0.1, 0.15) is 17.4 Å². The summed E-state index contributed by atoms with van der Waals surface area (Å²) in [6, 6.07) is 15.7. The van der Waals surface area contributed by atoms with Crippen molar-refractivity contribution in [2.75, 3.05) is 0 Å². The molecule has 0 bridgehead atoms. The largest absolute Gasteiger partial charge is 0.479 e. The molecule has 1 saturated heterocycles. The predicted molar refractivity (Wildman–Crippen MR) is 126 cm³/mol. The summed E-state index contributed by atoms with van der Waals surface area (Å²) in [5.74, 6) is -0.773. The van der Waals surface area contributed by atoms with Crippen LogP contribution in [-0.2, 0) is 9.59 Å². The van der Waals surface area contributed by atoms with Gasteiger partial charge in [0.05, 0.1) is 9.93 Å². The van der Waals surface area contributed by atoms with Crippen molar-refractivity contribution in [2.45, 2.75) is 6.04 Å². The Morgan fingerprint density at radius 1 is 1.13 bits per heavy atom. The Morgan fingerprint density at radius 2 is 1.87 bits per heavy atom. The van der Waals surface area contributed by atoms with Gasteiger partial charge in [0, 0.05) is 16.7 Å². The highest BCUT2D eigenvalue weighted by Crippen LogP contribution is 2.39. The van der Waals surface area contributed by atoms with Crippen LogP contribution >= 0.6 is 47.2 Å². The van der Waals surface area contributed by atoms with E-state index in [-0.39, 0.29) is 9.23 Å². The molecule has 4 rings (SSSR count). The molecule has 156 valence electrons. The Labute approximate surface area is 197 Å². The fraction of sp³-hybridized carbons (Fsp3) is 0.0455. The van der Waals surface area contributed by atoms with Gasteiger partial charge in [0.2, 0.25) is 0 Å². The first-order valence-corrected chi connectivity index (χ1v) is 10.9. The molecular formula is C22H13Cl2NO4S2. The van der Waals surface area contributed by atoms with Crippen LogP contribution in [0.5, 0.6) is 0 Å². The van der Waals surface area contributed by atoms with Crippen LogP contribution in [0.15, 0.2) is 70.0 Å². The Hall–Kier alpha value is -2.58. The van der Waals surface area contributed by atoms with E-state index in [1.165, 1.54) is 6.08 Å². The second kappa shape index (κ2) is 8.88. The third-order valence-electron chi connectivity index (χ3n) is 4.52. The van der Waals surface area contributed by atoms with Crippen molar-refractivity contribution in [2.24, 2.45) is 0 Å². The first-order chi connectivity index (χ1) is 14.8. The van der Waals surface area contributed by atoms with Gasteiger partial charge in [-0.1, -0.05) is 77.5 Å². The zero-order valence-electron chi connectivity index (χ0n) is 15.6. The van der Waals surface area contributed by atoms with Gasteiger partial charge in [-0.15, -0.1) is 0 Å². The number of aliphatic carboxylic acids is 1. The average molecular weight is 490 g/mol. The number of thiocarbonyl (C=S) groups is 1. The molecule has 5 nitrogen and oxygen atoms in total. The molecule has 0 unspecified atom stereocenters. The third-order valence-corrected chi connectivity index (χ3v) is 6.42. The minimum absolute atomic E-state index is 0.164. The summed E-state index contributed by atoms with van der Waals surface area (Å²) in [5, 5.41) is 10.7. The number of halogens is 2. The van der Waals surface area contributed by atoms with Gasteiger partial charge in [-0.3, -0.25) is 9.69 Å². The standard InChI is InChI=1S/C22H13Cl2NO4S2/c23-13-6-8-16(24)15(10-13)17-9-7-14(29-17)11-18-20(26)25(22(30)31-18)19(21(27)28)12-4-2-1-3-5-12/h1-11,19H,(H,27,28)/b18-11+/t19-/m0/s1. The predicted octanol–water partition coefficient (Wildman–Crippen LogP) is 6.28. The summed E-state index contributed by atoms with van der Waals surface area (Å²) >= 11 is 18.6. The van der Waals surface area contributed by atoms with E-state index in [0.717, 1.165) is 16.7 Å². The molecule has 0 radical (unpaired) electrons. The summed E-state index contributed by atoms with van der Waals surface area (Å²) in [6.45, 7) is 0. The van der Waals surface area contributed by atoms with E-state index in [0.29, 0.717) is 32.7 Å². The Morgan fingerprint density at radius 3 is 2.58 bits per heavy atom. The average Bonchev–Trinajstić information content (AvgIpc) is 3.31. The van der Waals surface area contributed by atoms with E-state index in [4.69, 9.17) is 39.8 Å². The molecule has 1 aliphatic heterocycles. The summed E-state index contributed by atoms with van der Waals surface area (Å²) in [6.07, 6.45) is 1.53. The topological polar surface area (TPSA) is 70.8 Å². The lowest BCUT2D eigenvalue weighted by atomic mass is 10.1. The van der Waals surface area contributed by atoms with Gasteiger partial charge in [-0.2, -0.15) is 0 Å². The second-order valence-corrected chi connectivity index (χ2v) is 9.05. The van der Waals surface area contributed by atoms with E-state index < -0.39 is 17.9 Å². The molecule has 2 aromatic carbocycles. The second-order valence-electron chi connectivity index (χ2n) is 6.53. The highest BCUT2D eigenvalue weighted by atomic mass is 35.5. The van der Waals surface area contributed by atoms with Crippen molar-refractivity contribution in [3.05, 3.63) is 86.9 Å². The van der Waals surface area contributed by atoms with Crippen LogP contribution in [0.3, 0.4) is 0 Å². The normalized spacial score (nSPS) is 16.2. The van der Waals surface area contributed by atoms with Crippen molar-refractivity contribution in [1.29, 1.82) is 0 Å². The maximum absolute atomic E-state index is 13.0. The smallest absolute Gasteiger partial charge is 0.331 e. The first-order valence-electron chi connectivity index (χ1n) is 8.95. The highest BCUT2D eigenvalue weighted by molar-refractivity contribution is 8.26. The minimum atomic E-state index is -1.21. The van der Waals surface area contributed by atoms with Crippen LogP contribution in [0.25, 0.3) is 17.4 Å². The molecule has 1 aromatic heterocycles. The highest BCUT2D eigenvalue weighted by Gasteiger charge is 2.41. The molecule has 1 fully saturated rings. The monoisotopic (exact) mass is 489 g/mol. The SMILES string of the molecule is O=C(O)[C@H](c1ccccc1)N1C(=O)/C(=C\c2ccc(-c3cc(Cl)ccc3Cl)o2)SC1=S. The lowest BCUT2D eigenvalue weighted by Gasteiger charge is -2.23. The molecule has 0 spiro atoms. The zero-order valence-corrected chi connectivity index (χ0v) is 18.8. The molecule has 0 aliphatic carbocycles. The van der Waals surface area contributed by atoms with Crippen molar-refractivity contribution in [3.63, 3.8) is 0 Å².